The van der Waals surface area contributed by atoms with Crippen molar-refractivity contribution in [1.82, 2.24) is 10.3 Å². The summed E-state index contributed by atoms with van der Waals surface area (Å²) in [5.74, 6) is -0.339. The molecular formula is C15H15N5OS. The van der Waals surface area contributed by atoms with Crippen LogP contribution in [0.2, 0.25) is 0 Å². The standard InChI is InChI=1S/C15H15N5OS/c16-9-20(14(21)11-5-6-18-7-11)15-19-8-13(22-15)10-1-3-12(17)4-2-10/h1-4,8,11,18H,5-7,17H2. The van der Waals surface area contributed by atoms with E-state index in [1.54, 1.807) is 6.20 Å². The van der Waals surface area contributed by atoms with Gasteiger partial charge in [-0.1, -0.05) is 23.5 Å². The fraction of sp³-hybridized carbons (Fsp3) is 0.267. The summed E-state index contributed by atoms with van der Waals surface area (Å²) in [5.41, 5.74) is 7.33. The average Bonchev–Trinajstić information content (AvgIpc) is 3.20. The summed E-state index contributed by atoms with van der Waals surface area (Å²) in [4.78, 5) is 18.6. The molecular weight excluding hydrogens is 298 g/mol. The first-order valence-electron chi connectivity index (χ1n) is 6.95. The maximum absolute atomic E-state index is 12.4. The number of nitrogens with two attached hydrogens (primary N) is 1. The van der Waals surface area contributed by atoms with Gasteiger partial charge in [-0.25, -0.2) is 4.98 Å². The maximum atomic E-state index is 12.4. The molecule has 1 aliphatic rings. The van der Waals surface area contributed by atoms with Crippen LogP contribution in [0.1, 0.15) is 6.42 Å². The lowest BCUT2D eigenvalue weighted by atomic mass is 10.1. The van der Waals surface area contributed by atoms with Crippen molar-refractivity contribution in [2.75, 3.05) is 23.7 Å². The molecule has 0 saturated carbocycles. The van der Waals surface area contributed by atoms with Crippen molar-refractivity contribution in [2.24, 2.45) is 5.92 Å². The van der Waals surface area contributed by atoms with Crippen molar-refractivity contribution < 1.29 is 4.79 Å². The van der Waals surface area contributed by atoms with Crippen LogP contribution < -0.4 is 16.0 Å². The summed E-state index contributed by atoms with van der Waals surface area (Å²) in [6.07, 6.45) is 4.39. The molecule has 2 heterocycles. The van der Waals surface area contributed by atoms with Gasteiger partial charge in [0.15, 0.2) is 6.19 Å². The van der Waals surface area contributed by atoms with Crippen molar-refractivity contribution in [3.8, 4) is 16.6 Å². The van der Waals surface area contributed by atoms with E-state index in [0.29, 0.717) is 17.4 Å². The van der Waals surface area contributed by atoms with Gasteiger partial charge in [-0.05, 0) is 30.7 Å². The summed E-state index contributed by atoms with van der Waals surface area (Å²) in [5, 5.41) is 12.9. The van der Waals surface area contributed by atoms with Gasteiger partial charge < -0.3 is 11.1 Å². The maximum Gasteiger partial charge on any atom is 0.246 e. The second-order valence-electron chi connectivity index (χ2n) is 5.09. The average molecular weight is 313 g/mol. The number of amides is 1. The van der Waals surface area contributed by atoms with Gasteiger partial charge in [0.1, 0.15) is 0 Å². The Balaban J connectivity index is 1.83. The van der Waals surface area contributed by atoms with E-state index in [-0.39, 0.29) is 11.8 Å². The van der Waals surface area contributed by atoms with E-state index in [1.807, 2.05) is 30.5 Å². The number of anilines is 2. The number of nitrogens with zero attached hydrogens (tertiary/aromatic N) is 3. The number of benzene rings is 1. The number of nitrogens with one attached hydrogen (secondary N) is 1. The first-order valence-corrected chi connectivity index (χ1v) is 7.77. The van der Waals surface area contributed by atoms with Crippen LogP contribution in [0.15, 0.2) is 30.5 Å². The van der Waals surface area contributed by atoms with Crippen molar-refractivity contribution >= 4 is 28.1 Å². The van der Waals surface area contributed by atoms with Gasteiger partial charge in [0.25, 0.3) is 0 Å². The van der Waals surface area contributed by atoms with E-state index in [9.17, 15) is 10.1 Å². The minimum atomic E-state index is -0.189. The van der Waals surface area contributed by atoms with Crippen LogP contribution in [0.3, 0.4) is 0 Å². The summed E-state index contributed by atoms with van der Waals surface area (Å²) >= 11 is 1.32. The van der Waals surface area contributed by atoms with Crippen LogP contribution in [-0.2, 0) is 4.79 Å². The quantitative estimate of drug-likeness (QED) is 0.512. The molecule has 7 heteroatoms. The zero-order chi connectivity index (χ0) is 15.5. The predicted octanol–water partition coefficient (Wildman–Crippen LogP) is 1.82. The first kappa shape index (κ1) is 14.5. The molecule has 0 radical (unpaired) electrons. The predicted molar refractivity (Wildman–Crippen MR) is 86.0 cm³/mol. The molecule has 1 aromatic heterocycles. The monoisotopic (exact) mass is 313 g/mol. The largest absolute Gasteiger partial charge is 0.399 e. The molecule has 1 aromatic carbocycles. The summed E-state index contributed by atoms with van der Waals surface area (Å²) in [7, 11) is 0. The topological polar surface area (TPSA) is 95.0 Å². The fourth-order valence-electron chi connectivity index (χ4n) is 2.38. The summed E-state index contributed by atoms with van der Waals surface area (Å²) in [6.45, 7) is 1.43. The lowest BCUT2D eigenvalue weighted by molar-refractivity contribution is -0.121. The Bertz CT molecular complexity index is 712. The fourth-order valence-corrected chi connectivity index (χ4v) is 3.27. The molecule has 1 unspecified atom stereocenters. The van der Waals surface area contributed by atoms with Crippen LogP contribution >= 0.6 is 11.3 Å². The molecule has 0 aliphatic carbocycles. The van der Waals surface area contributed by atoms with Crippen LogP contribution in [0.4, 0.5) is 10.8 Å². The minimum Gasteiger partial charge on any atom is -0.399 e. The highest BCUT2D eigenvalue weighted by atomic mass is 32.1. The van der Waals surface area contributed by atoms with Gasteiger partial charge in [0, 0.05) is 18.4 Å². The Hall–Kier alpha value is -2.43. The molecule has 1 amide bonds. The zero-order valence-corrected chi connectivity index (χ0v) is 12.6. The van der Waals surface area contributed by atoms with Crippen molar-refractivity contribution in [3.63, 3.8) is 0 Å². The van der Waals surface area contributed by atoms with E-state index >= 15 is 0 Å². The highest BCUT2D eigenvalue weighted by molar-refractivity contribution is 7.19. The van der Waals surface area contributed by atoms with E-state index in [0.717, 1.165) is 28.3 Å². The second kappa shape index (κ2) is 6.13. The number of thiazole rings is 1. The Kier molecular flexibility index (Phi) is 4.04. The molecule has 3 N–H and O–H groups in total. The molecule has 1 saturated heterocycles. The second-order valence-corrected chi connectivity index (χ2v) is 6.10. The lowest BCUT2D eigenvalue weighted by Gasteiger charge is -2.14. The third-order valence-electron chi connectivity index (χ3n) is 3.61. The van der Waals surface area contributed by atoms with Crippen molar-refractivity contribution in [2.45, 2.75) is 6.42 Å². The van der Waals surface area contributed by atoms with Crippen LogP contribution in [0.5, 0.6) is 0 Å². The molecule has 1 fully saturated rings. The van der Waals surface area contributed by atoms with Crippen LogP contribution in [-0.4, -0.2) is 24.0 Å². The summed E-state index contributed by atoms with van der Waals surface area (Å²) < 4.78 is 0. The number of carbonyl (C=O) groups excluding carboxylic acids is 1. The lowest BCUT2D eigenvalue weighted by Crippen LogP contribution is -2.33. The number of rotatable bonds is 3. The number of nitrogen functional groups attached to an aromatic ring is 1. The van der Waals surface area contributed by atoms with Gasteiger partial charge >= 0.3 is 0 Å². The number of carbonyl (C=O) groups is 1. The molecule has 112 valence electrons. The molecule has 2 aromatic rings. The van der Waals surface area contributed by atoms with Crippen molar-refractivity contribution in [1.29, 1.82) is 5.26 Å². The minimum absolute atomic E-state index is 0.150. The Morgan fingerprint density at radius 3 is 2.86 bits per heavy atom. The van der Waals surface area contributed by atoms with Gasteiger partial charge in [-0.3, -0.25) is 4.79 Å². The molecule has 0 spiro atoms. The Labute approximate surface area is 132 Å². The Morgan fingerprint density at radius 2 is 2.23 bits per heavy atom. The van der Waals surface area contributed by atoms with E-state index in [4.69, 9.17) is 5.73 Å². The first-order chi connectivity index (χ1) is 10.7. The SMILES string of the molecule is N#CN(C(=O)C1CCNC1)c1ncc(-c2ccc(N)cc2)s1. The van der Waals surface area contributed by atoms with Gasteiger partial charge in [0.05, 0.1) is 10.8 Å². The highest BCUT2D eigenvalue weighted by Gasteiger charge is 2.29. The van der Waals surface area contributed by atoms with E-state index < -0.39 is 0 Å². The molecule has 3 rings (SSSR count). The van der Waals surface area contributed by atoms with Crippen LogP contribution in [0.25, 0.3) is 10.4 Å². The van der Waals surface area contributed by atoms with Crippen LogP contribution in [0, 0.1) is 17.4 Å². The third kappa shape index (κ3) is 2.79. The smallest absolute Gasteiger partial charge is 0.246 e. The van der Waals surface area contributed by atoms with E-state index in [1.165, 1.54) is 11.3 Å². The normalized spacial score (nSPS) is 17.1. The van der Waals surface area contributed by atoms with Crippen molar-refractivity contribution in [3.05, 3.63) is 30.5 Å². The summed E-state index contributed by atoms with van der Waals surface area (Å²) in [6, 6.07) is 7.41. The molecule has 6 nitrogen and oxygen atoms in total. The Morgan fingerprint density at radius 1 is 1.45 bits per heavy atom. The number of hydrogen-bond donors (Lipinski definition) is 2. The number of aromatic nitrogens is 1. The number of nitriles is 1. The molecule has 0 bridgehead atoms. The van der Waals surface area contributed by atoms with E-state index in [2.05, 4.69) is 10.3 Å². The zero-order valence-electron chi connectivity index (χ0n) is 11.8. The van der Waals surface area contributed by atoms with Gasteiger partial charge in [-0.15, -0.1) is 0 Å². The highest BCUT2D eigenvalue weighted by Crippen LogP contribution is 2.32. The number of hydrogen-bond acceptors (Lipinski definition) is 6. The third-order valence-corrected chi connectivity index (χ3v) is 4.64. The van der Waals surface area contributed by atoms with Gasteiger partial charge in [-0.2, -0.15) is 10.2 Å². The molecule has 1 aliphatic heterocycles. The molecule has 22 heavy (non-hydrogen) atoms. The van der Waals surface area contributed by atoms with Gasteiger partial charge in [0.2, 0.25) is 11.0 Å². The molecule has 1 atom stereocenters.